The summed E-state index contributed by atoms with van der Waals surface area (Å²) in [6.07, 6.45) is 0.149. The van der Waals surface area contributed by atoms with Gasteiger partial charge in [-0.05, 0) is 31.0 Å². The number of hydrogen-bond acceptors (Lipinski definition) is 6. The zero-order chi connectivity index (χ0) is 24.1. The van der Waals surface area contributed by atoms with E-state index in [1.165, 1.54) is 0 Å². The highest BCUT2D eigenvalue weighted by molar-refractivity contribution is 7.89. The van der Waals surface area contributed by atoms with Crippen LogP contribution in [-0.2, 0) is 21.4 Å². The zero-order valence-corrected chi connectivity index (χ0v) is 21.2. The lowest BCUT2D eigenvalue weighted by Gasteiger charge is -2.34. The standard InChI is InChI=1S/C25H30N4O3S2/c1-19-8-9-20(2)23(16-19)34(31,32)26-11-10-24(30)29-14-12-28(13-15-29)17-22-18-33-25(27-22)21-6-4-3-5-7-21/h3-9,16,18,26H,10-15,17H2,1-2H3. The van der Waals surface area contributed by atoms with Gasteiger partial charge in [-0.3, -0.25) is 9.69 Å². The normalized spacial score (nSPS) is 14.9. The Morgan fingerprint density at radius 3 is 2.53 bits per heavy atom. The van der Waals surface area contributed by atoms with Crippen molar-refractivity contribution >= 4 is 27.3 Å². The number of thiazole rings is 1. The van der Waals surface area contributed by atoms with Gasteiger partial charge in [-0.15, -0.1) is 11.3 Å². The summed E-state index contributed by atoms with van der Waals surface area (Å²) in [7, 11) is -3.64. The van der Waals surface area contributed by atoms with Crippen LogP contribution in [0.4, 0.5) is 0 Å². The summed E-state index contributed by atoms with van der Waals surface area (Å²) in [5.41, 5.74) is 3.75. The Labute approximate surface area is 205 Å². The molecule has 1 fully saturated rings. The molecule has 180 valence electrons. The van der Waals surface area contributed by atoms with Crippen molar-refractivity contribution in [2.75, 3.05) is 32.7 Å². The Morgan fingerprint density at radius 2 is 1.79 bits per heavy atom. The van der Waals surface area contributed by atoms with Crippen molar-refractivity contribution < 1.29 is 13.2 Å². The minimum Gasteiger partial charge on any atom is -0.340 e. The maximum absolute atomic E-state index is 12.6. The maximum atomic E-state index is 12.6. The van der Waals surface area contributed by atoms with Crippen LogP contribution < -0.4 is 4.72 Å². The second-order valence-corrected chi connectivity index (χ2v) is 11.2. The van der Waals surface area contributed by atoms with Crippen molar-refractivity contribution in [3.05, 3.63) is 70.7 Å². The van der Waals surface area contributed by atoms with Gasteiger partial charge in [-0.25, -0.2) is 18.1 Å². The summed E-state index contributed by atoms with van der Waals surface area (Å²) >= 11 is 1.65. The Morgan fingerprint density at radius 1 is 1.06 bits per heavy atom. The SMILES string of the molecule is Cc1ccc(C)c(S(=O)(=O)NCCC(=O)N2CCN(Cc3csc(-c4ccccc4)n3)CC2)c1. The zero-order valence-electron chi connectivity index (χ0n) is 19.5. The Hall–Kier alpha value is -2.59. The van der Waals surface area contributed by atoms with E-state index in [2.05, 4.69) is 27.1 Å². The molecule has 1 aromatic heterocycles. The molecule has 0 radical (unpaired) electrons. The number of rotatable bonds is 8. The van der Waals surface area contributed by atoms with E-state index in [1.807, 2.05) is 36.1 Å². The van der Waals surface area contributed by atoms with E-state index in [0.717, 1.165) is 41.5 Å². The topological polar surface area (TPSA) is 82.6 Å². The minimum absolute atomic E-state index is 0.0247. The fraction of sp³-hybridized carbons (Fsp3) is 0.360. The third-order valence-electron chi connectivity index (χ3n) is 5.95. The van der Waals surface area contributed by atoms with Crippen LogP contribution in [-0.4, -0.2) is 61.8 Å². The van der Waals surface area contributed by atoms with Gasteiger partial charge in [0.2, 0.25) is 15.9 Å². The van der Waals surface area contributed by atoms with Gasteiger partial charge in [0, 0.05) is 56.6 Å². The van der Waals surface area contributed by atoms with Crippen LogP contribution in [0, 0.1) is 13.8 Å². The molecule has 1 N–H and O–H groups in total. The molecule has 1 saturated heterocycles. The summed E-state index contributed by atoms with van der Waals surface area (Å²) in [6.45, 7) is 7.31. The molecule has 1 aliphatic heterocycles. The van der Waals surface area contributed by atoms with Crippen molar-refractivity contribution in [3.63, 3.8) is 0 Å². The van der Waals surface area contributed by atoms with Gasteiger partial charge in [0.15, 0.2) is 0 Å². The number of benzene rings is 2. The molecule has 4 rings (SSSR count). The number of nitrogens with zero attached hydrogens (tertiary/aromatic N) is 3. The first kappa shape index (κ1) is 24.5. The molecule has 2 heterocycles. The van der Waals surface area contributed by atoms with Gasteiger partial charge in [0.1, 0.15) is 5.01 Å². The smallest absolute Gasteiger partial charge is 0.240 e. The molecule has 0 unspecified atom stereocenters. The van der Waals surface area contributed by atoms with Crippen molar-refractivity contribution in [1.82, 2.24) is 19.5 Å². The molecule has 3 aromatic rings. The summed E-state index contributed by atoms with van der Waals surface area (Å²) < 4.78 is 27.8. The second kappa shape index (κ2) is 10.8. The monoisotopic (exact) mass is 498 g/mol. The summed E-state index contributed by atoms with van der Waals surface area (Å²) in [4.78, 5) is 21.8. The number of piperazine rings is 1. The third-order valence-corrected chi connectivity index (χ3v) is 8.49. The molecule has 7 nitrogen and oxygen atoms in total. The van der Waals surface area contributed by atoms with Crippen LogP contribution in [0.5, 0.6) is 0 Å². The van der Waals surface area contributed by atoms with Crippen molar-refractivity contribution in [3.8, 4) is 10.6 Å². The number of hydrogen-bond donors (Lipinski definition) is 1. The van der Waals surface area contributed by atoms with Crippen LogP contribution >= 0.6 is 11.3 Å². The van der Waals surface area contributed by atoms with Gasteiger partial charge in [0.05, 0.1) is 10.6 Å². The van der Waals surface area contributed by atoms with E-state index in [9.17, 15) is 13.2 Å². The fourth-order valence-electron chi connectivity index (χ4n) is 4.00. The van der Waals surface area contributed by atoms with Gasteiger partial charge in [-0.2, -0.15) is 0 Å². The maximum Gasteiger partial charge on any atom is 0.240 e. The first-order chi connectivity index (χ1) is 16.3. The van der Waals surface area contributed by atoms with E-state index < -0.39 is 10.0 Å². The lowest BCUT2D eigenvalue weighted by Crippen LogP contribution is -2.48. The Balaban J connectivity index is 1.22. The first-order valence-electron chi connectivity index (χ1n) is 11.4. The number of aryl methyl sites for hydroxylation is 2. The highest BCUT2D eigenvalue weighted by atomic mass is 32.2. The van der Waals surface area contributed by atoms with Crippen LogP contribution in [0.1, 0.15) is 23.2 Å². The molecule has 1 amide bonds. The summed E-state index contributed by atoms with van der Waals surface area (Å²) in [5.74, 6) is -0.0247. The molecule has 0 spiro atoms. The molecule has 2 aromatic carbocycles. The molecule has 9 heteroatoms. The number of carbonyl (C=O) groups excluding carboxylic acids is 1. The number of sulfonamides is 1. The lowest BCUT2D eigenvalue weighted by molar-refractivity contribution is -0.132. The summed E-state index contributed by atoms with van der Waals surface area (Å²) in [6, 6.07) is 15.5. The lowest BCUT2D eigenvalue weighted by atomic mass is 10.2. The van der Waals surface area contributed by atoms with Crippen molar-refractivity contribution in [1.29, 1.82) is 0 Å². The average Bonchev–Trinajstić information content (AvgIpc) is 3.30. The van der Waals surface area contributed by atoms with Crippen LogP contribution in [0.25, 0.3) is 10.6 Å². The Kier molecular flexibility index (Phi) is 7.77. The largest absolute Gasteiger partial charge is 0.340 e. The van der Waals surface area contributed by atoms with Gasteiger partial charge in [0.25, 0.3) is 0 Å². The van der Waals surface area contributed by atoms with E-state index >= 15 is 0 Å². The number of carbonyl (C=O) groups is 1. The number of amides is 1. The molecule has 34 heavy (non-hydrogen) atoms. The number of aromatic nitrogens is 1. The quantitative estimate of drug-likeness (QED) is 0.515. The fourth-order valence-corrected chi connectivity index (χ4v) is 6.18. The van der Waals surface area contributed by atoms with Gasteiger partial charge >= 0.3 is 0 Å². The predicted octanol–water partition coefficient (Wildman–Crippen LogP) is 3.44. The number of nitrogens with one attached hydrogen (secondary N) is 1. The highest BCUT2D eigenvalue weighted by Crippen LogP contribution is 2.24. The van der Waals surface area contributed by atoms with E-state index in [4.69, 9.17) is 4.98 Å². The van der Waals surface area contributed by atoms with Gasteiger partial charge in [-0.1, -0.05) is 42.5 Å². The molecule has 0 aliphatic carbocycles. The van der Waals surface area contributed by atoms with Crippen LogP contribution in [0.15, 0.2) is 58.8 Å². The second-order valence-electron chi connectivity index (χ2n) is 8.58. The van der Waals surface area contributed by atoms with E-state index in [-0.39, 0.29) is 23.8 Å². The minimum atomic E-state index is -3.64. The third kappa shape index (κ3) is 6.09. The molecule has 1 aliphatic rings. The summed E-state index contributed by atoms with van der Waals surface area (Å²) in [5, 5.41) is 3.12. The first-order valence-corrected chi connectivity index (χ1v) is 13.7. The van der Waals surface area contributed by atoms with Gasteiger partial charge < -0.3 is 4.90 Å². The van der Waals surface area contributed by atoms with Crippen LogP contribution in [0.3, 0.4) is 0 Å². The highest BCUT2D eigenvalue weighted by Gasteiger charge is 2.23. The molecule has 0 atom stereocenters. The van der Waals surface area contributed by atoms with E-state index in [0.29, 0.717) is 18.7 Å². The molecular formula is C25H30N4O3S2. The Bertz CT molecular complexity index is 1230. The molecule has 0 saturated carbocycles. The van der Waals surface area contributed by atoms with Crippen LogP contribution in [0.2, 0.25) is 0 Å². The molecular weight excluding hydrogens is 468 g/mol. The van der Waals surface area contributed by atoms with E-state index in [1.54, 1.807) is 30.4 Å². The predicted molar refractivity (Wildman–Crippen MR) is 135 cm³/mol. The van der Waals surface area contributed by atoms with Crippen molar-refractivity contribution in [2.24, 2.45) is 0 Å². The van der Waals surface area contributed by atoms with Crippen molar-refractivity contribution in [2.45, 2.75) is 31.7 Å². The average molecular weight is 499 g/mol. The molecule has 0 bridgehead atoms.